The summed E-state index contributed by atoms with van der Waals surface area (Å²) < 4.78 is 0. The van der Waals surface area contributed by atoms with Crippen molar-refractivity contribution >= 4 is 11.5 Å². The van der Waals surface area contributed by atoms with Crippen molar-refractivity contribution in [1.82, 2.24) is 0 Å². The van der Waals surface area contributed by atoms with Crippen molar-refractivity contribution in [3.63, 3.8) is 0 Å². The summed E-state index contributed by atoms with van der Waals surface area (Å²) in [6.45, 7) is 7.83. The van der Waals surface area contributed by atoms with Gasteiger partial charge in [0.1, 0.15) is 6.61 Å². The Balaban J connectivity index is 2.86. The second-order valence-electron chi connectivity index (χ2n) is 4.11. The van der Waals surface area contributed by atoms with Crippen LogP contribution in [0.3, 0.4) is 0 Å². The topological polar surface area (TPSA) is 38.7 Å². The van der Waals surface area contributed by atoms with Crippen molar-refractivity contribution < 1.29 is 9.63 Å². The molecule has 0 aliphatic carbocycles. The summed E-state index contributed by atoms with van der Waals surface area (Å²) in [5, 5.41) is 3.98. The van der Waals surface area contributed by atoms with E-state index in [0.29, 0.717) is 12.2 Å². The maximum atomic E-state index is 11.5. The van der Waals surface area contributed by atoms with Crippen molar-refractivity contribution in [3.8, 4) is 0 Å². The molecule has 0 saturated carbocycles. The molecule has 0 spiro atoms. The summed E-state index contributed by atoms with van der Waals surface area (Å²) in [4.78, 5) is 16.8. The highest BCUT2D eigenvalue weighted by molar-refractivity contribution is 5.95. The molecule has 1 aromatic rings. The molecule has 0 heterocycles. The van der Waals surface area contributed by atoms with E-state index in [1.54, 1.807) is 6.92 Å². The quantitative estimate of drug-likeness (QED) is 0.443. The van der Waals surface area contributed by atoms with E-state index in [9.17, 15) is 4.79 Å². The number of carbonyl (C=O) groups is 1. The largest absolute Gasteiger partial charge is 0.391 e. The first-order chi connectivity index (χ1) is 8.06. The Kier molecular flexibility index (Phi) is 4.88. The number of oxime groups is 1. The Hall–Kier alpha value is -1.64. The molecule has 1 rings (SSSR count). The zero-order chi connectivity index (χ0) is 12.8. The van der Waals surface area contributed by atoms with E-state index in [0.717, 1.165) is 23.3 Å². The molecule has 0 aliphatic rings. The van der Waals surface area contributed by atoms with Gasteiger partial charge in [-0.15, -0.1) is 0 Å². The number of nitrogens with zero attached hydrogens (tertiary/aromatic N) is 1. The van der Waals surface area contributed by atoms with Crippen LogP contribution in [-0.2, 0) is 11.4 Å². The van der Waals surface area contributed by atoms with E-state index in [2.05, 4.69) is 5.16 Å². The minimum atomic E-state index is 0.0588. The Morgan fingerprint density at radius 3 is 2.65 bits per heavy atom. The van der Waals surface area contributed by atoms with Gasteiger partial charge < -0.3 is 4.84 Å². The van der Waals surface area contributed by atoms with Crippen LogP contribution in [0.4, 0.5) is 0 Å². The average Bonchev–Trinajstić information content (AvgIpc) is 2.30. The molecule has 92 valence electrons. The highest BCUT2D eigenvalue weighted by atomic mass is 16.6. The molecule has 0 bridgehead atoms. The zero-order valence-corrected chi connectivity index (χ0v) is 10.9. The maximum Gasteiger partial charge on any atom is 0.160 e. The van der Waals surface area contributed by atoms with E-state index >= 15 is 0 Å². The molecule has 0 aliphatic heterocycles. The summed E-state index contributed by atoms with van der Waals surface area (Å²) in [7, 11) is 0. The van der Waals surface area contributed by atoms with Crippen LogP contribution in [0.2, 0.25) is 0 Å². The Bertz CT molecular complexity index is 436. The first-order valence-corrected chi connectivity index (χ1v) is 5.81. The summed E-state index contributed by atoms with van der Waals surface area (Å²) in [5.74, 6) is 0.0588. The number of hydrogen-bond donors (Lipinski definition) is 0. The fourth-order valence-electron chi connectivity index (χ4n) is 1.50. The standard InChI is InChI=1S/C14H19NO2/c1-5-11(3)15-17-9-14-10(2)7-6-8-13(14)12(4)16/h6-8H,5,9H2,1-4H3. The lowest BCUT2D eigenvalue weighted by Crippen LogP contribution is -2.03. The SMILES string of the molecule is CCC(C)=NOCc1c(C)cccc1C(C)=O. The number of ketones is 1. The van der Waals surface area contributed by atoms with Crippen molar-refractivity contribution in [1.29, 1.82) is 0 Å². The number of aryl methyl sites for hydroxylation is 1. The molecule has 0 atom stereocenters. The van der Waals surface area contributed by atoms with Crippen LogP contribution in [0.25, 0.3) is 0 Å². The molecular formula is C14H19NO2. The lowest BCUT2D eigenvalue weighted by Gasteiger charge is -2.09. The summed E-state index contributed by atoms with van der Waals surface area (Å²) in [6, 6.07) is 5.68. The first-order valence-electron chi connectivity index (χ1n) is 5.81. The van der Waals surface area contributed by atoms with E-state index in [1.807, 2.05) is 39.0 Å². The number of rotatable bonds is 5. The normalized spacial score (nSPS) is 11.4. The van der Waals surface area contributed by atoms with Gasteiger partial charge in [-0.25, -0.2) is 0 Å². The second-order valence-corrected chi connectivity index (χ2v) is 4.11. The molecule has 0 aromatic heterocycles. The molecule has 0 N–H and O–H groups in total. The van der Waals surface area contributed by atoms with Gasteiger partial charge in [0, 0.05) is 11.1 Å². The van der Waals surface area contributed by atoms with Gasteiger partial charge in [0.25, 0.3) is 0 Å². The molecule has 0 unspecified atom stereocenters. The van der Waals surface area contributed by atoms with E-state index in [4.69, 9.17) is 4.84 Å². The van der Waals surface area contributed by atoms with Gasteiger partial charge in [0.2, 0.25) is 0 Å². The Morgan fingerprint density at radius 2 is 2.06 bits per heavy atom. The lowest BCUT2D eigenvalue weighted by molar-refractivity contribution is 0.100. The van der Waals surface area contributed by atoms with Gasteiger partial charge in [-0.05, 0) is 32.8 Å². The smallest absolute Gasteiger partial charge is 0.160 e. The van der Waals surface area contributed by atoms with Gasteiger partial charge in [-0.3, -0.25) is 4.79 Å². The molecule has 0 radical (unpaired) electrons. The predicted octanol–water partition coefficient (Wildman–Crippen LogP) is 3.50. The van der Waals surface area contributed by atoms with Crippen LogP contribution in [-0.4, -0.2) is 11.5 Å². The van der Waals surface area contributed by atoms with Crippen LogP contribution in [0.5, 0.6) is 0 Å². The van der Waals surface area contributed by atoms with Gasteiger partial charge in [0.15, 0.2) is 5.78 Å². The predicted molar refractivity (Wildman–Crippen MR) is 69.4 cm³/mol. The highest BCUT2D eigenvalue weighted by Crippen LogP contribution is 2.16. The van der Waals surface area contributed by atoms with Crippen LogP contribution in [0, 0.1) is 6.92 Å². The van der Waals surface area contributed by atoms with Crippen LogP contribution < -0.4 is 0 Å². The third kappa shape index (κ3) is 3.70. The van der Waals surface area contributed by atoms with E-state index in [-0.39, 0.29) is 5.78 Å². The third-order valence-electron chi connectivity index (χ3n) is 2.73. The minimum Gasteiger partial charge on any atom is -0.391 e. The Labute approximate surface area is 102 Å². The zero-order valence-electron chi connectivity index (χ0n) is 10.9. The molecule has 0 saturated heterocycles. The number of carbonyl (C=O) groups excluding carboxylic acids is 1. The van der Waals surface area contributed by atoms with Crippen molar-refractivity contribution in [2.75, 3.05) is 0 Å². The number of hydrogen-bond acceptors (Lipinski definition) is 3. The van der Waals surface area contributed by atoms with Gasteiger partial charge in [-0.2, -0.15) is 0 Å². The van der Waals surface area contributed by atoms with Crippen molar-refractivity contribution in [2.45, 2.75) is 40.7 Å². The first kappa shape index (κ1) is 13.4. The van der Waals surface area contributed by atoms with Crippen molar-refractivity contribution in [2.24, 2.45) is 5.16 Å². The molecular weight excluding hydrogens is 214 g/mol. The third-order valence-corrected chi connectivity index (χ3v) is 2.73. The average molecular weight is 233 g/mol. The molecule has 1 aromatic carbocycles. The van der Waals surface area contributed by atoms with Gasteiger partial charge in [-0.1, -0.05) is 30.3 Å². The van der Waals surface area contributed by atoms with Gasteiger partial charge in [0.05, 0.1) is 5.71 Å². The Morgan fingerprint density at radius 1 is 1.35 bits per heavy atom. The van der Waals surface area contributed by atoms with Gasteiger partial charge >= 0.3 is 0 Å². The summed E-state index contributed by atoms with van der Waals surface area (Å²) >= 11 is 0. The van der Waals surface area contributed by atoms with Crippen LogP contribution >= 0.6 is 0 Å². The summed E-state index contributed by atoms with van der Waals surface area (Å²) in [5.41, 5.74) is 3.65. The molecule has 0 amide bonds. The number of Topliss-reactive ketones (excluding diaryl/α,β-unsaturated/α-hetero) is 1. The molecule has 3 nitrogen and oxygen atoms in total. The monoisotopic (exact) mass is 233 g/mol. The second kappa shape index (κ2) is 6.18. The molecule has 17 heavy (non-hydrogen) atoms. The fraction of sp³-hybridized carbons (Fsp3) is 0.429. The van der Waals surface area contributed by atoms with E-state index in [1.165, 1.54) is 0 Å². The van der Waals surface area contributed by atoms with Crippen LogP contribution in [0.15, 0.2) is 23.4 Å². The lowest BCUT2D eigenvalue weighted by atomic mass is 10.0. The highest BCUT2D eigenvalue weighted by Gasteiger charge is 2.09. The molecule has 0 fully saturated rings. The van der Waals surface area contributed by atoms with Crippen LogP contribution in [0.1, 0.15) is 48.7 Å². The maximum absolute atomic E-state index is 11.5. The minimum absolute atomic E-state index is 0.0588. The summed E-state index contributed by atoms with van der Waals surface area (Å²) in [6.07, 6.45) is 0.868. The molecule has 3 heteroatoms. The number of benzene rings is 1. The van der Waals surface area contributed by atoms with Crippen molar-refractivity contribution in [3.05, 3.63) is 34.9 Å². The fourth-order valence-corrected chi connectivity index (χ4v) is 1.50. The van der Waals surface area contributed by atoms with E-state index < -0.39 is 0 Å².